The Morgan fingerprint density at radius 1 is 1.23 bits per heavy atom. The fourth-order valence-electron chi connectivity index (χ4n) is 3.01. The molecule has 0 fully saturated rings. The summed E-state index contributed by atoms with van der Waals surface area (Å²) in [7, 11) is 0. The number of amides is 1. The molecule has 22 heavy (non-hydrogen) atoms. The van der Waals surface area contributed by atoms with Crippen molar-refractivity contribution in [2.75, 3.05) is 6.54 Å². The van der Waals surface area contributed by atoms with Crippen LogP contribution in [0, 0.1) is 0 Å². The van der Waals surface area contributed by atoms with E-state index in [1.54, 1.807) is 11.3 Å². The van der Waals surface area contributed by atoms with Gasteiger partial charge in [-0.2, -0.15) is 0 Å². The molecule has 4 nitrogen and oxygen atoms in total. The van der Waals surface area contributed by atoms with Crippen molar-refractivity contribution in [2.24, 2.45) is 0 Å². The molecule has 2 aromatic rings. The van der Waals surface area contributed by atoms with Gasteiger partial charge in [0.05, 0.1) is 0 Å². The summed E-state index contributed by atoms with van der Waals surface area (Å²) in [5.74, 6) is 1.36. The van der Waals surface area contributed by atoms with E-state index in [4.69, 9.17) is 9.47 Å². The van der Waals surface area contributed by atoms with Gasteiger partial charge in [-0.3, -0.25) is 4.79 Å². The van der Waals surface area contributed by atoms with Gasteiger partial charge < -0.3 is 14.4 Å². The summed E-state index contributed by atoms with van der Waals surface area (Å²) in [6.07, 6.45) is 0.0680. The maximum atomic E-state index is 12.8. The molecule has 0 N–H and O–H groups in total. The van der Waals surface area contributed by atoms with E-state index in [0.29, 0.717) is 18.0 Å². The van der Waals surface area contributed by atoms with E-state index in [9.17, 15) is 4.79 Å². The third-order valence-corrected chi connectivity index (χ3v) is 5.23. The van der Waals surface area contributed by atoms with Crippen LogP contribution in [0.25, 0.3) is 0 Å². The molecule has 0 aliphatic carbocycles. The predicted molar refractivity (Wildman–Crippen MR) is 84.4 cm³/mol. The van der Waals surface area contributed by atoms with Crippen LogP contribution in [-0.4, -0.2) is 29.6 Å². The lowest BCUT2D eigenvalue weighted by atomic mass is 10.1. The van der Waals surface area contributed by atoms with Gasteiger partial charge in [0, 0.05) is 18.0 Å². The fraction of sp³-hybridized carbons (Fsp3) is 0.353. The van der Waals surface area contributed by atoms with Crippen molar-refractivity contribution in [1.29, 1.82) is 0 Å². The van der Waals surface area contributed by atoms with Crippen LogP contribution in [0.2, 0.25) is 0 Å². The molecular weight excluding hydrogens is 298 g/mol. The largest absolute Gasteiger partial charge is 0.482 e. The number of carbonyl (C=O) groups excluding carboxylic acids is 1. The van der Waals surface area contributed by atoms with E-state index >= 15 is 0 Å². The summed E-state index contributed by atoms with van der Waals surface area (Å²) in [6.45, 7) is 3.31. The Labute approximate surface area is 133 Å². The van der Waals surface area contributed by atoms with Crippen molar-refractivity contribution in [3.8, 4) is 11.5 Å². The maximum Gasteiger partial charge on any atom is 0.267 e. The number of ether oxygens (including phenoxy) is 2. The van der Waals surface area contributed by atoms with Gasteiger partial charge >= 0.3 is 0 Å². The number of rotatable bonds is 1. The quantitative estimate of drug-likeness (QED) is 0.812. The van der Waals surface area contributed by atoms with Crippen LogP contribution in [0.4, 0.5) is 0 Å². The van der Waals surface area contributed by atoms with Crippen LogP contribution in [0.3, 0.4) is 0 Å². The highest BCUT2D eigenvalue weighted by atomic mass is 32.1. The lowest BCUT2D eigenvalue weighted by Gasteiger charge is -2.35. The average Bonchev–Trinajstić information content (AvgIpc) is 3.01. The molecule has 5 heteroatoms. The van der Waals surface area contributed by atoms with E-state index in [1.807, 2.05) is 36.1 Å². The molecule has 3 heterocycles. The first-order valence-electron chi connectivity index (χ1n) is 7.49. The standard InChI is InChI=1S/C17H17NO3S/c1-11-16(21-14-5-3-2-4-13(14)20-11)17(19)18-8-6-15-12(10-18)7-9-22-15/h2-5,7,9,11,16H,6,8,10H2,1H3/t11-,16-/m0/s1. The summed E-state index contributed by atoms with van der Waals surface area (Å²) in [5.41, 5.74) is 1.26. The third kappa shape index (κ3) is 2.25. The topological polar surface area (TPSA) is 38.8 Å². The Bertz CT molecular complexity index is 711. The zero-order valence-electron chi connectivity index (χ0n) is 12.3. The second-order valence-corrected chi connectivity index (χ2v) is 6.69. The van der Waals surface area contributed by atoms with Gasteiger partial charge in [-0.15, -0.1) is 11.3 Å². The average molecular weight is 315 g/mol. The minimum Gasteiger partial charge on any atom is -0.482 e. The zero-order valence-corrected chi connectivity index (χ0v) is 13.1. The molecule has 0 bridgehead atoms. The molecule has 0 saturated heterocycles. The number of hydrogen-bond acceptors (Lipinski definition) is 4. The molecule has 1 amide bonds. The smallest absolute Gasteiger partial charge is 0.267 e. The van der Waals surface area contributed by atoms with Gasteiger partial charge in [-0.1, -0.05) is 12.1 Å². The molecule has 2 aliphatic heterocycles. The molecule has 2 atom stereocenters. The van der Waals surface area contributed by atoms with Crippen LogP contribution in [0.5, 0.6) is 11.5 Å². The number of benzene rings is 1. The SMILES string of the molecule is C[C@@H]1Oc2ccccc2O[C@@H]1C(=O)N1CCc2sccc2C1. The molecule has 114 valence electrons. The molecule has 4 rings (SSSR count). The van der Waals surface area contributed by atoms with Gasteiger partial charge in [0.15, 0.2) is 11.5 Å². The van der Waals surface area contributed by atoms with Crippen LogP contribution in [0.15, 0.2) is 35.7 Å². The number of carbonyl (C=O) groups is 1. The Kier molecular flexibility index (Phi) is 3.30. The van der Waals surface area contributed by atoms with Gasteiger partial charge in [0.2, 0.25) is 6.10 Å². The van der Waals surface area contributed by atoms with Crippen molar-refractivity contribution in [2.45, 2.75) is 32.1 Å². The van der Waals surface area contributed by atoms with Gasteiger partial charge in [-0.05, 0) is 42.5 Å². The second kappa shape index (κ2) is 5.32. The second-order valence-electron chi connectivity index (χ2n) is 5.69. The molecule has 0 spiro atoms. The Hall–Kier alpha value is -2.01. The van der Waals surface area contributed by atoms with Crippen LogP contribution >= 0.6 is 11.3 Å². The summed E-state index contributed by atoms with van der Waals surface area (Å²) < 4.78 is 11.8. The minimum atomic E-state index is -0.574. The van der Waals surface area contributed by atoms with Crippen LogP contribution < -0.4 is 9.47 Å². The minimum absolute atomic E-state index is 0.0128. The first kappa shape index (κ1) is 13.6. The first-order valence-corrected chi connectivity index (χ1v) is 8.37. The Balaban J connectivity index is 1.54. The Morgan fingerprint density at radius 3 is 2.82 bits per heavy atom. The van der Waals surface area contributed by atoms with Gasteiger partial charge in [0.1, 0.15) is 6.10 Å². The normalized spacial score (nSPS) is 23.0. The summed E-state index contributed by atoms with van der Waals surface area (Å²) >= 11 is 1.77. The van der Waals surface area contributed by atoms with Crippen LogP contribution in [-0.2, 0) is 17.8 Å². The highest BCUT2D eigenvalue weighted by Crippen LogP contribution is 2.34. The number of nitrogens with zero attached hydrogens (tertiary/aromatic N) is 1. The van der Waals surface area contributed by atoms with E-state index in [-0.39, 0.29) is 12.0 Å². The molecule has 0 unspecified atom stereocenters. The highest BCUT2D eigenvalue weighted by Gasteiger charge is 2.37. The van der Waals surface area contributed by atoms with Crippen molar-refractivity contribution in [3.63, 3.8) is 0 Å². The monoisotopic (exact) mass is 315 g/mol. The van der Waals surface area contributed by atoms with Crippen molar-refractivity contribution < 1.29 is 14.3 Å². The van der Waals surface area contributed by atoms with Crippen molar-refractivity contribution >= 4 is 17.2 Å². The van der Waals surface area contributed by atoms with E-state index < -0.39 is 6.10 Å². The third-order valence-electron chi connectivity index (χ3n) is 4.21. The molecule has 2 aliphatic rings. The van der Waals surface area contributed by atoms with Crippen LogP contribution in [0.1, 0.15) is 17.4 Å². The molecular formula is C17H17NO3S. The predicted octanol–water partition coefficient (Wildman–Crippen LogP) is 2.86. The van der Waals surface area contributed by atoms with E-state index in [0.717, 1.165) is 13.0 Å². The highest BCUT2D eigenvalue weighted by molar-refractivity contribution is 7.10. The summed E-state index contributed by atoms with van der Waals surface area (Å²) in [4.78, 5) is 16.1. The zero-order chi connectivity index (χ0) is 15.1. The molecule has 1 aromatic carbocycles. The van der Waals surface area contributed by atoms with Gasteiger partial charge in [-0.25, -0.2) is 0 Å². The van der Waals surface area contributed by atoms with E-state index in [2.05, 4.69) is 11.4 Å². The number of para-hydroxylation sites is 2. The molecule has 0 radical (unpaired) electrons. The first-order chi connectivity index (χ1) is 10.7. The fourth-order valence-corrected chi connectivity index (χ4v) is 3.90. The lowest BCUT2D eigenvalue weighted by Crippen LogP contribution is -2.51. The maximum absolute atomic E-state index is 12.8. The number of hydrogen-bond donors (Lipinski definition) is 0. The number of thiophene rings is 1. The van der Waals surface area contributed by atoms with Crippen molar-refractivity contribution in [3.05, 3.63) is 46.2 Å². The lowest BCUT2D eigenvalue weighted by molar-refractivity contribution is -0.145. The van der Waals surface area contributed by atoms with Crippen molar-refractivity contribution in [1.82, 2.24) is 4.90 Å². The summed E-state index contributed by atoms with van der Waals surface area (Å²) in [6, 6.07) is 9.61. The molecule has 1 aromatic heterocycles. The number of fused-ring (bicyclic) bond motifs is 2. The van der Waals surface area contributed by atoms with Gasteiger partial charge in [0.25, 0.3) is 5.91 Å². The summed E-state index contributed by atoms with van der Waals surface area (Å²) in [5, 5.41) is 2.09. The Morgan fingerprint density at radius 2 is 2.00 bits per heavy atom. The molecule has 0 saturated carbocycles. The van der Waals surface area contributed by atoms with E-state index in [1.165, 1.54) is 10.4 Å².